The first-order valence-corrected chi connectivity index (χ1v) is 9.30. The van der Waals surface area contributed by atoms with Crippen molar-refractivity contribution in [2.45, 2.75) is 39.8 Å². The standard InChI is InChI=1S/C21H23F2N5O2/c1-13-5-14(11-24-20(29)30-21(2,3)4)7-17(6-13)26-19-25-12-28(27-19)18-9-15(22)8-16(23)10-18/h5-10,12H,11H2,1-4H3,(H,24,29)(H,26,27). The third kappa shape index (κ3) is 6.00. The molecule has 0 bridgehead atoms. The first-order chi connectivity index (χ1) is 14.1. The normalized spacial score (nSPS) is 11.3. The molecule has 0 radical (unpaired) electrons. The van der Waals surface area contributed by atoms with Crippen LogP contribution < -0.4 is 10.6 Å². The number of rotatable bonds is 5. The smallest absolute Gasteiger partial charge is 0.407 e. The van der Waals surface area contributed by atoms with Crippen molar-refractivity contribution in [3.63, 3.8) is 0 Å². The molecule has 0 saturated heterocycles. The van der Waals surface area contributed by atoms with Gasteiger partial charge < -0.3 is 15.4 Å². The van der Waals surface area contributed by atoms with Crippen molar-refractivity contribution in [2.75, 3.05) is 5.32 Å². The highest BCUT2D eigenvalue weighted by Gasteiger charge is 2.16. The zero-order chi connectivity index (χ0) is 21.9. The number of aryl methyl sites for hydroxylation is 1. The van der Waals surface area contributed by atoms with Gasteiger partial charge in [-0.3, -0.25) is 0 Å². The van der Waals surface area contributed by atoms with E-state index in [0.29, 0.717) is 5.69 Å². The van der Waals surface area contributed by atoms with Crippen LogP contribution in [0.2, 0.25) is 0 Å². The van der Waals surface area contributed by atoms with Crippen molar-refractivity contribution in [3.05, 3.63) is 65.5 Å². The second-order valence-electron chi connectivity index (χ2n) is 7.83. The number of amides is 1. The summed E-state index contributed by atoms with van der Waals surface area (Å²) >= 11 is 0. The summed E-state index contributed by atoms with van der Waals surface area (Å²) in [6, 6.07) is 8.78. The van der Waals surface area contributed by atoms with Crippen molar-refractivity contribution in [2.24, 2.45) is 0 Å². The van der Waals surface area contributed by atoms with Gasteiger partial charge in [-0.1, -0.05) is 6.07 Å². The van der Waals surface area contributed by atoms with Gasteiger partial charge in [0.05, 0.1) is 5.69 Å². The van der Waals surface area contributed by atoms with E-state index in [-0.39, 0.29) is 18.2 Å². The lowest BCUT2D eigenvalue weighted by Gasteiger charge is -2.19. The molecule has 9 heteroatoms. The number of halogens is 2. The van der Waals surface area contributed by atoms with Gasteiger partial charge in [-0.15, -0.1) is 5.10 Å². The summed E-state index contributed by atoms with van der Waals surface area (Å²) in [7, 11) is 0. The first kappa shape index (κ1) is 21.2. The number of hydrogen-bond donors (Lipinski definition) is 2. The summed E-state index contributed by atoms with van der Waals surface area (Å²) in [6.07, 6.45) is 0.860. The van der Waals surface area contributed by atoms with Crippen molar-refractivity contribution in [3.8, 4) is 5.69 Å². The Hall–Kier alpha value is -3.49. The minimum atomic E-state index is -0.698. The van der Waals surface area contributed by atoms with E-state index >= 15 is 0 Å². The minimum Gasteiger partial charge on any atom is -0.444 e. The van der Waals surface area contributed by atoms with E-state index in [9.17, 15) is 13.6 Å². The molecule has 30 heavy (non-hydrogen) atoms. The number of aromatic nitrogens is 3. The number of benzene rings is 2. The molecule has 1 aromatic heterocycles. The van der Waals surface area contributed by atoms with Gasteiger partial charge in [-0.2, -0.15) is 4.98 Å². The largest absolute Gasteiger partial charge is 0.444 e. The Morgan fingerprint density at radius 3 is 2.47 bits per heavy atom. The van der Waals surface area contributed by atoms with Gasteiger partial charge in [0.25, 0.3) is 0 Å². The number of nitrogens with zero attached hydrogens (tertiary/aromatic N) is 3. The van der Waals surface area contributed by atoms with E-state index in [1.54, 1.807) is 20.8 Å². The monoisotopic (exact) mass is 415 g/mol. The number of alkyl carbamates (subject to hydrolysis) is 1. The second kappa shape index (κ2) is 8.48. The molecule has 1 amide bonds. The third-order valence-electron chi connectivity index (χ3n) is 3.83. The molecule has 158 valence electrons. The fourth-order valence-corrected chi connectivity index (χ4v) is 2.77. The molecule has 0 atom stereocenters. The van der Waals surface area contributed by atoms with Crippen molar-refractivity contribution in [1.82, 2.24) is 20.1 Å². The Labute approximate surface area is 173 Å². The molecule has 2 N–H and O–H groups in total. The molecular weight excluding hydrogens is 392 g/mol. The summed E-state index contributed by atoms with van der Waals surface area (Å²) in [4.78, 5) is 16.0. The van der Waals surface area contributed by atoms with Gasteiger partial charge in [0.2, 0.25) is 5.95 Å². The number of ether oxygens (including phenoxy) is 1. The topological polar surface area (TPSA) is 81.1 Å². The second-order valence-corrected chi connectivity index (χ2v) is 7.83. The number of nitrogens with one attached hydrogen (secondary N) is 2. The van der Waals surface area contributed by atoms with Crippen molar-refractivity contribution in [1.29, 1.82) is 0 Å². The van der Waals surface area contributed by atoms with Crippen LogP contribution in [0, 0.1) is 18.6 Å². The predicted molar refractivity (Wildman–Crippen MR) is 109 cm³/mol. The van der Waals surface area contributed by atoms with E-state index in [0.717, 1.165) is 29.3 Å². The van der Waals surface area contributed by atoms with Gasteiger partial charge in [-0.25, -0.2) is 18.3 Å². The van der Waals surface area contributed by atoms with Crippen LogP contribution in [-0.2, 0) is 11.3 Å². The maximum Gasteiger partial charge on any atom is 0.407 e. The van der Waals surface area contributed by atoms with Crippen LogP contribution in [0.4, 0.5) is 25.2 Å². The number of anilines is 2. The molecule has 3 rings (SSSR count). The highest BCUT2D eigenvalue weighted by Crippen LogP contribution is 2.19. The van der Waals surface area contributed by atoms with E-state index in [2.05, 4.69) is 20.7 Å². The van der Waals surface area contributed by atoms with E-state index in [1.165, 1.54) is 11.0 Å². The lowest BCUT2D eigenvalue weighted by molar-refractivity contribution is 0.0523. The van der Waals surface area contributed by atoms with Crippen LogP contribution >= 0.6 is 0 Å². The average Bonchev–Trinajstić information content (AvgIpc) is 3.06. The first-order valence-electron chi connectivity index (χ1n) is 9.30. The molecule has 3 aromatic rings. The minimum absolute atomic E-state index is 0.222. The third-order valence-corrected chi connectivity index (χ3v) is 3.83. The molecular formula is C21H23F2N5O2. The number of carbonyl (C=O) groups excluding carboxylic acids is 1. The van der Waals surface area contributed by atoms with Gasteiger partial charge in [-0.05, 0) is 63.1 Å². The number of hydrogen-bond acceptors (Lipinski definition) is 5. The zero-order valence-electron chi connectivity index (χ0n) is 17.2. The fourth-order valence-electron chi connectivity index (χ4n) is 2.77. The molecule has 0 spiro atoms. The van der Waals surface area contributed by atoms with Crippen LogP contribution in [0.1, 0.15) is 31.9 Å². The lowest BCUT2D eigenvalue weighted by atomic mass is 10.1. The van der Waals surface area contributed by atoms with E-state index in [4.69, 9.17) is 4.74 Å². The van der Waals surface area contributed by atoms with Gasteiger partial charge >= 0.3 is 6.09 Å². The molecule has 0 fully saturated rings. The van der Waals surface area contributed by atoms with Gasteiger partial charge in [0.15, 0.2) is 0 Å². The van der Waals surface area contributed by atoms with Crippen molar-refractivity contribution < 1.29 is 18.3 Å². The Kier molecular flexibility index (Phi) is 6.00. The molecule has 0 unspecified atom stereocenters. The summed E-state index contributed by atoms with van der Waals surface area (Å²) in [5, 5.41) is 9.97. The Morgan fingerprint density at radius 2 is 1.80 bits per heavy atom. The van der Waals surface area contributed by atoms with Crippen LogP contribution in [0.25, 0.3) is 5.69 Å². The molecule has 0 aliphatic heterocycles. The van der Waals surface area contributed by atoms with Crippen LogP contribution in [0.3, 0.4) is 0 Å². The zero-order valence-corrected chi connectivity index (χ0v) is 17.2. The highest BCUT2D eigenvalue weighted by atomic mass is 19.1. The van der Waals surface area contributed by atoms with Crippen LogP contribution in [0.15, 0.2) is 42.7 Å². The SMILES string of the molecule is Cc1cc(CNC(=O)OC(C)(C)C)cc(Nc2ncn(-c3cc(F)cc(F)c3)n2)c1. The highest BCUT2D eigenvalue weighted by molar-refractivity contribution is 5.68. The fraction of sp³-hybridized carbons (Fsp3) is 0.286. The summed E-state index contributed by atoms with van der Waals surface area (Å²) in [5.41, 5.74) is 2.18. The van der Waals surface area contributed by atoms with Gasteiger partial charge in [0.1, 0.15) is 23.6 Å². The summed E-state index contributed by atoms with van der Waals surface area (Å²) < 4.78 is 33.3. The quantitative estimate of drug-likeness (QED) is 0.635. The predicted octanol–water partition coefficient (Wildman–Crippen LogP) is 4.62. The van der Waals surface area contributed by atoms with Gasteiger partial charge in [0, 0.05) is 18.3 Å². The summed E-state index contributed by atoms with van der Waals surface area (Å²) in [5.74, 6) is -1.14. The maximum absolute atomic E-state index is 13.4. The summed E-state index contributed by atoms with van der Waals surface area (Å²) in [6.45, 7) is 7.60. The van der Waals surface area contributed by atoms with Crippen LogP contribution in [0.5, 0.6) is 0 Å². The van der Waals surface area contributed by atoms with Crippen LogP contribution in [-0.4, -0.2) is 26.5 Å². The molecule has 7 nitrogen and oxygen atoms in total. The molecule has 0 aliphatic rings. The Morgan fingerprint density at radius 1 is 1.10 bits per heavy atom. The Bertz CT molecular complexity index is 1040. The molecule has 1 heterocycles. The average molecular weight is 415 g/mol. The van der Waals surface area contributed by atoms with Crippen molar-refractivity contribution >= 4 is 17.7 Å². The molecule has 0 saturated carbocycles. The Balaban J connectivity index is 1.70. The molecule has 0 aliphatic carbocycles. The van der Waals surface area contributed by atoms with E-state index < -0.39 is 23.3 Å². The maximum atomic E-state index is 13.4. The van der Waals surface area contributed by atoms with E-state index in [1.807, 2.05) is 25.1 Å². The lowest BCUT2D eigenvalue weighted by Crippen LogP contribution is -2.32. The molecule has 2 aromatic carbocycles. The number of carbonyl (C=O) groups is 1.